The molecule has 0 heterocycles. The Hall–Kier alpha value is -1.85. The first-order chi connectivity index (χ1) is 9.00. The maximum Gasteiger partial charge on any atom is 0.243 e. The summed E-state index contributed by atoms with van der Waals surface area (Å²) >= 11 is 0. The van der Waals surface area contributed by atoms with Gasteiger partial charge in [-0.05, 0) is 29.8 Å². The van der Waals surface area contributed by atoms with Gasteiger partial charge in [0.1, 0.15) is 5.75 Å². The summed E-state index contributed by atoms with van der Waals surface area (Å²) in [6.07, 6.45) is 0. The van der Waals surface area contributed by atoms with Crippen LogP contribution in [0.4, 0.5) is 0 Å². The highest BCUT2D eigenvalue weighted by atomic mass is 32.2. The molecule has 2 aromatic rings. The van der Waals surface area contributed by atoms with E-state index in [1.165, 1.54) is 35.6 Å². The Morgan fingerprint density at radius 3 is 2.16 bits per heavy atom. The van der Waals surface area contributed by atoms with Crippen LogP contribution in [0.2, 0.25) is 0 Å². The molecule has 0 unspecified atom stereocenters. The number of aromatic hydroxyl groups is 1. The zero-order chi connectivity index (χ0) is 13.9. The standard InChI is InChI=1S/C14H15NO3S/c1-15(11-12-5-3-2-4-6-12)19(17,18)14-9-7-13(16)8-10-14/h2-10,16H,11H2,1H3. The van der Waals surface area contributed by atoms with E-state index < -0.39 is 10.0 Å². The SMILES string of the molecule is CN(Cc1ccccc1)S(=O)(=O)c1ccc(O)cc1. The summed E-state index contributed by atoms with van der Waals surface area (Å²) in [5.74, 6) is 0.0460. The van der Waals surface area contributed by atoms with E-state index in [1.807, 2.05) is 30.3 Å². The van der Waals surface area contributed by atoms with Crippen molar-refractivity contribution in [1.82, 2.24) is 4.31 Å². The van der Waals surface area contributed by atoms with E-state index in [0.717, 1.165) is 5.56 Å². The maximum atomic E-state index is 12.3. The van der Waals surface area contributed by atoms with Crippen LogP contribution in [0.25, 0.3) is 0 Å². The molecule has 2 rings (SSSR count). The van der Waals surface area contributed by atoms with Gasteiger partial charge in [-0.25, -0.2) is 8.42 Å². The third kappa shape index (κ3) is 3.13. The van der Waals surface area contributed by atoms with E-state index in [-0.39, 0.29) is 10.6 Å². The molecule has 0 aliphatic rings. The van der Waals surface area contributed by atoms with Crippen LogP contribution in [0.1, 0.15) is 5.56 Å². The van der Waals surface area contributed by atoms with Crippen LogP contribution in [0, 0.1) is 0 Å². The minimum Gasteiger partial charge on any atom is -0.508 e. The van der Waals surface area contributed by atoms with Gasteiger partial charge < -0.3 is 5.11 Å². The second-order valence-electron chi connectivity index (χ2n) is 4.24. The highest BCUT2D eigenvalue weighted by molar-refractivity contribution is 7.89. The van der Waals surface area contributed by atoms with Crippen LogP contribution in [0.15, 0.2) is 59.5 Å². The number of hydrogen-bond donors (Lipinski definition) is 1. The Kier molecular flexibility index (Phi) is 3.87. The Labute approximate surface area is 113 Å². The molecule has 0 fully saturated rings. The van der Waals surface area contributed by atoms with Gasteiger partial charge in [-0.15, -0.1) is 0 Å². The average molecular weight is 277 g/mol. The van der Waals surface area contributed by atoms with Crippen molar-refractivity contribution < 1.29 is 13.5 Å². The number of sulfonamides is 1. The molecule has 0 aliphatic carbocycles. The lowest BCUT2D eigenvalue weighted by Crippen LogP contribution is -2.26. The lowest BCUT2D eigenvalue weighted by molar-refractivity contribution is 0.465. The Bertz CT molecular complexity index is 636. The molecular formula is C14H15NO3S. The van der Waals surface area contributed by atoms with Crippen LogP contribution in [-0.4, -0.2) is 24.9 Å². The number of hydrogen-bond acceptors (Lipinski definition) is 3. The van der Waals surface area contributed by atoms with Gasteiger partial charge in [-0.1, -0.05) is 30.3 Å². The van der Waals surface area contributed by atoms with Crippen LogP contribution in [-0.2, 0) is 16.6 Å². The molecule has 1 N–H and O–H groups in total. The molecular weight excluding hydrogens is 262 g/mol. The molecule has 0 atom stereocenters. The normalized spacial score (nSPS) is 11.7. The van der Waals surface area contributed by atoms with Crippen molar-refractivity contribution in [2.45, 2.75) is 11.4 Å². The average Bonchev–Trinajstić information content (AvgIpc) is 2.40. The molecule has 0 aliphatic heterocycles. The van der Waals surface area contributed by atoms with Crippen molar-refractivity contribution in [2.24, 2.45) is 0 Å². The van der Waals surface area contributed by atoms with Crippen LogP contribution in [0.3, 0.4) is 0 Å². The first kappa shape index (κ1) is 13.6. The third-order valence-corrected chi connectivity index (χ3v) is 4.61. The van der Waals surface area contributed by atoms with E-state index in [0.29, 0.717) is 6.54 Å². The largest absolute Gasteiger partial charge is 0.508 e. The molecule has 19 heavy (non-hydrogen) atoms. The summed E-state index contributed by atoms with van der Waals surface area (Å²) in [6, 6.07) is 14.9. The van der Waals surface area contributed by atoms with E-state index >= 15 is 0 Å². The quantitative estimate of drug-likeness (QED) is 0.932. The van der Waals surface area contributed by atoms with Gasteiger partial charge in [0.05, 0.1) is 4.90 Å². The molecule has 2 aromatic carbocycles. The first-order valence-corrected chi connectivity index (χ1v) is 7.23. The fourth-order valence-corrected chi connectivity index (χ4v) is 2.88. The highest BCUT2D eigenvalue weighted by Gasteiger charge is 2.20. The third-order valence-electron chi connectivity index (χ3n) is 2.79. The van der Waals surface area contributed by atoms with Crippen molar-refractivity contribution in [1.29, 1.82) is 0 Å². The minimum atomic E-state index is -3.53. The van der Waals surface area contributed by atoms with E-state index in [2.05, 4.69) is 0 Å². The van der Waals surface area contributed by atoms with Gasteiger partial charge in [-0.3, -0.25) is 0 Å². The van der Waals surface area contributed by atoms with Gasteiger partial charge in [0.15, 0.2) is 0 Å². The maximum absolute atomic E-state index is 12.3. The van der Waals surface area contributed by atoms with Gasteiger partial charge >= 0.3 is 0 Å². The van der Waals surface area contributed by atoms with Crippen molar-refractivity contribution in [2.75, 3.05) is 7.05 Å². The summed E-state index contributed by atoms with van der Waals surface area (Å²) in [6.45, 7) is 0.310. The molecule has 0 amide bonds. The molecule has 0 spiro atoms. The minimum absolute atomic E-state index is 0.0460. The van der Waals surface area contributed by atoms with Gasteiger partial charge in [0.25, 0.3) is 0 Å². The van der Waals surface area contributed by atoms with Gasteiger partial charge in [0.2, 0.25) is 10.0 Å². The highest BCUT2D eigenvalue weighted by Crippen LogP contribution is 2.19. The van der Waals surface area contributed by atoms with Crippen molar-refractivity contribution in [3.8, 4) is 5.75 Å². The molecule has 0 bridgehead atoms. The predicted molar refractivity (Wildman–Crippen MR) is 73.2 cm³/mol. The monoisotopic (exact) mass is 277 g/mol. The Morgan fingerprint density at radius 1 is 1.00 bits per heavy atom. The second-order valence-corrected chi connectivity index (χ2v) is 6.29. The van der Waals surface area contributed by atoms with Gasteiger partial charge in [-0.2, -0.15) is 4.31 Å². The number of nitrogens with zero attached hydrogens (tertiary/aromatic N) is 1. The lowest BCUT2D eigenvalue weighted by atomic mass is 10.2. The summed E-state index contributed by atoms with van der Waals surface area (Å²) in [7, 11) is -1.99. The topological polar surface area (TPSA) is 57.6 Å². The van der Waals surface area contributed by atoms with Gasteiger partial charge in [0, 0.05) is 13.6 Å². The Morgan fingerprint density at radius 2 is 1.58 bits per heavy atom. The zero-order valence-corrected chi connectivity index (χ0v) is 11.3. The summed E-state index contributed by atoms with van der Waals surface area (Å²) in [4.78, 5) is 0.170. The molecule has 4 nitrogen and oxygen atoms in total. The van der Waals surface area contributed by atoms with Crippen LogP contribution >= 0.6 is 0 Å². The molecule has 0 saturated carbocycles. The zero-order valence-electron chi connectivity index (χ0n) is 10.5. The summed E-state index contributed by atoms with van der Waals surface area (Å²) in [5.41, 5.74) is 0.923. The summed E-state index contributed by atoms with van der Waals surface area (Å²) < 4.78 is 25.9. The molecule has 100 valence electrons. The Balaban J connectivity index is 2.22. The fourth-order valence-electron chi connectivity index (χ4n) is 1.72. The number of rotatable bonds is 4. The first-order valence-electron chi connectivity index (χ1n) is 5.79. The molecule has 0 radical (unpaired) electrons. The van der Waals surface area contributed by atoms with E-state index in [1.54, 1.807) is 0 Å². The van der Waals surface area contributed by atoms with Crippen LogP contribution in [0.5, 0.6) is 5.75 Å². The smallest absolute Gasteiger partial charge is 0.243 e. The molecule has 0 aromatic heterocycles. The molecule has 5 heteroatoms. The molecule has 0 saturated heterocycles. The van der Waals surface area contributed by atoms with Crippen LogP contribution < -0.4 is 0 Å². The number of benzene rings is 2. The van der Waals surface area contributed by atoms with Crippen molar-refractivity contribution >= 4 is 10.0 Å². The second kappa shape index (κ2) is 5.42. The van der Waals surface area contributed by atoms with E-state index in [9.17, 15) is 13.5 Å². The summed E-state index contributed by atoms with van der Waals surface area (Å²) in [5, 5.41) is 9.19. The fraction of sp³-hybridized carbons (Fsp3) is 0.143. The van der Waals surface area contributed by atoms with Crippen molar-refractivity contribution in [3.05, 3.63) is 60.2 Å². The van der Waals surface area contributed by atoms with E-state index in [4.69, 9.17) is 0 Å². The number of phenolic OH excluding ortho intramolecular Hbond substituents is 1. The lowest BCUT2D eigenvalue weighted by Gasteiger charge is -2.17. The predicted octanol–water partition coefficient (Wildman–Crippen LogP) is 2.21. The number of phenols is 1. The van der Waals surface area contributed by atoms with Crippen molar-refractivity contribution in [3.63, 3.8) is 0 Å².